The van der Waals surface area contributed by atoms with Gasteiger partial charge in [0.25, 0.3) is 0 Å². The molecular formula is C25H23N3O3. The van der Waals surface area contributed by atoms with Gasteiger partial charge < -0.3 is 9.84 Å². The molecule has 1 heterocycles. The average molecular weight is 413 g/mol. The first-order valence-corrected chi connectivity index (χ1v) is 10.5. The third kappa shape index (κ3) is 3.82. The monoisotopic (exact) mass is 413 g/mol. The summed E-state index contributed by atoms with van der Waals surface area (Å²) < 4.78 is 7.62. The van der Waals surface area contributed by atoms with Crippen LogP contribution in [0.25, 0.3) is 10.8 Å². The van der Waals surface area contributed by atoms with E-state index in [0.717, 1.165) is 11.3 Å². The van der Waals surface area contributed by atoms with Crippen LogP contribution in [-0.2, 0) is 11.3 Å². The molecule has 1 aliphatic rings. The van der Waals surface area contributed by atoms with Crippen LogP contribution in [0.5, 0.6) is 0 Å². The number of aliphatic hydroxyl groups excluding tert-OH is 1. The highest BCUT2D eigenvalue weighted by molar-refractivity contribution is 5.89. The Morgan fingerprint density at radius 1 is 1.00 bits per heavy atom. The van der Waals surface area contributed by atoms with Crippen LogP contribution in [0, 0.1) is 0 Å². The molecule has 0 bridgehead atoms. The van der Waals surface area contributed by atoms with Crippen molar-refractivity contribution in [1.82, 2.24) is 15.0 Å². The molecule has 2 atom stereocenters. The number of esters is 1. The molecule has 6 heteroatoms. The van der Waals surface area contributed by atoms with Crippen molar-refractivity contribution in [3.63, 3.8) is 0 Å². The van der Waals surface area contributed by atoms with Gasteiger partial charge in [0.15, 0.2) is 0 Å². The molecule has 3 aromatic carbocycles. The first-order chi connectivity index (χ1) is 15.2. The van der Waals surface area contributed by atoms with Crippen molar-refractivity contribution in [2.75, 3.05) is 6.61 Å². The van der Waals surface area contributed by atoms with E-state index in [9.17, 15) is 9.90 Å². The van der Waals surface area contributed by atoms with Crippen molar-refractivity contribution < 1.29 is 14.6 Å². The smallest absolute Gasteiger partial charge is 0.338 e. The second kappa shape index (κ2) is 8.32. The number of hydrogen-bond acceptors (Lipinski definition) is 5. The van der Waals surface area contributed by atoms with E-state index in [1.807, 2.05) is 35.0 Å². The van der Waals surface area contributed by atoms with Gasteiger partial charge in [-0.25, -0.2) is 9.48 Å². The van der Waals surface area contributed by atoms with E-state index in [1.54, 1.807) is 12.1 Å². The van der Waals surface area contributed by atoms with Crippen LogP contribution in [0.2, 0.25) is 0 Å². The van der Waals surface area contributed by atoms with Gasteiger partial charge in [-0.05, 0) is 47.4 Å². The van der Waals surface area contributed by atoms with Crippen molar-refractivity contribution >= 4 is 16.7 Å². The lowest BCUT2D eigenvalue weighted by Gasteiger charge is -2.27. The molecule has 0 radical (unpaired) electrons. The molecule has 31 heavy (non-hydrogen) atoms. The number of rotatable bonds is 5. The Morgan fingerprint density at radius 3 is 2.58 bits per heavy atom. The Kier molecular flexibility index (Phi) is 5.22. The van der Waals surface area contributed by atoms with Gasteiger partial charge in [-0.15, -0.1) is 5.10 Å². The molecule has 1 aromatic heterocycles. The first kappa shape index (κ1) is 19.5. The fourth-order valence-corrected chi connectivity index (χ4v) is 4.30. The van der Waals surface area contributed by atoms with Crippen molar-refractivity contribution in [2.24, 2.45) is 0 Å². The lowest BCUT2D eigenvalue weighted by molar-refractivity contribution is 0.0224. The maximum Gasteiger partial charge on any atom is 0.338 e. The fourth-order valence-electron chi connectivity index (χ4n) is 4.30. The zero-order valence-corrected chi connectivity index (χ0v) is 17.0. The van der Waals surface area contributed by atoms with E-state index < -0.39 is 6.10 Å². The topological polar surface area (TPSA) is 77.2 Å². The van der Waals surface area contributed by atoms with Crippen LogP contribution in [-0.4, -0.2) is 32.7 Å². The number of benzene rings is 3. The van der Waals surface area contributed by atoms with E-state index in [1.165, 1.54) is 10.8 Å². The molecule has 0 saturated carbocycles. The summed E-state index contributed by atoms with van der Waals surface area (Å²) in [6.07, 6.45) is 0.864. The molecule has 6 nitrogen and oxygen atoms in total. The van der Waals surface area contributed by atoms with E-state index in [0.29, 0.717) is 30.6 Å². The standard InChI is InChI=1S/C25H23N3O3/c29-16-21-12-13-22(31-25(30)19-7-2-1-3-8-19)23-24(21)28(27-26-23)15-17-10-11-18-6-4-5-9-20(18)14-17/h1-11,14,21-22,29H,12-13,15-16H2. The summed E-state index contributed by atoms with van der Waals surface area (Å²) in [5.41, 5.74) is 3.12. The Bertz CT molecular complexity index is 1220. The molecule has 0 aliphatic heterocycles. The Morgan fingerprint density at radius 2 is 1.77 bits per heavy atom. The molecule has 1 N–H and O–H groups in total. The molecule has 156 valence electrons. The number of hydrogen-bond donors (Lipinski definition) is 1. The minimum Gasteiger partial charge on any atom is -0.452 e. The van der Waals surface area contributed by atoms with E-state index in [-0.39, 0.29) is 18.5 Å². The summed E-state index contributed by atoms with van der Waals surface area (Å²) >= 11 is 0. The van der Waals surface area contributed by atoms with Gasteiger partial charge in [0.2, 0.25) is 0 Å². The predicted octanol–water partition coefficient (Wildman–Crippen LogP) is 4.25. The summed E-state index contributed by atoms with van der Waals surface area (Å²) in [6.45, 7) is 0.556. The molecule has 0 amide bonds. The number of fused-ring (bicyclic) bond motifs is 2. The normalized spacial score (nSPS) is 18.0. The number of carbonyl (C=O) groups excluding carboxylic acids is 1. The highest BCUT2D eigenvalue weighted by atomic mass is 16.5. The van der Waals surface area contributed by atoms with Gasteiger partial charge in [-0.2, -0.15) is 0 Å². The van der Waals surface area contributed by atoms with Crippen molar-refractivity contribution in [1.29, 1.82) is 0 Å². The summed E-state index contributed by atoms with van der Waals surface area (Å²) in [7, 11) is 0. The van der Waals surface area contributed by atoms with Gasteiger partial charge in [0, 0.05) is 5.92 Å². The largest absolute Gasteiger partial charge is 0.452 e. The van der Waals surface area contributed by atoms with Gasteiger partial charge in [0.05, 0.1) is 24.4 Å². The van der Waals surface area contributed by atoms with Gasteiger partial charge in [0.1, 0.15) is 11.8 Å². The third-order valence-electron chi connectivity index (χ3n) is 5.90. The minimum atomic E-state index is -0.462. The van der Waals surface area contributed by atoms with E-state index in [4.69, 9.17) is 4.74 Å². The summed E-state index contributed by atoms with van der Waals surface area (Å²) in [5, 5.41) is 21.0. The van der Waals surface area contributed by atoms with Crippen LogP contribution < -0.4 is 0 Å². The quantitative estimate of drug-likeness (QED) is 0.495. The molecule has 4 aromatic rings. The first-order valence-electron chi connectivity index (χ1n) is 10.5. The third-order valence-corrected chi connectivity index (χ3v) is 5.90. The SMILES string of the molecule is O=C(OC1CCC(CO)c2c1nnn2Cc1ccc2ccccc2c1)c1ccccc1. The van der Waals surface area contributed by atoms with Gasteiger partial charge >= 0.3 is 5.97 Å². The van der Waals surface area contributed by atoms with Crippen LogP contribution in [0.4, 0.5) is 0 Å². The molecule has 1 aliphatic carbocycles. The number of aliphatic hydroxyl groups is 1. The van der Waals surface area contributed by atoms with Crippen LogP contribution in [0.3, 0.4) is 0 Å². The highest BCUT2D eigenvalue weighted by Crippen LogP contribution is 2.38. The molecular weight excluding hydrogens is 390 g/mol. The number of aromatic nitrogens is 3. The van der Waals surface area contributed by atoms with Crippen molar-refractivity contribution in [3.05, 3.63) is 95.3 Å². The Balaban J connectivity index is 1.43. The predicted molar refractivity (Wildman–Crippen MR) is 117 cm³/mol. The molecule has 5 rings (SSSR count). The zero-order valence-electron chi connectivity index (χ0n) is 17.0. The fraction of sp³-hybridized carbons (Fsp3) is 0.240. The Hall–Kier alpha value is -3.51. The number of ether oxygens (including phenoxy) is 1. The van der Waals surface area contributed by atoms with Crippen LogP contribution in [0.1, 0.15) is 52.2 Å². The highest BCUT2D eigenvalue weighted by Gasteiger charge is 2.35. The zero-order chi connectivity index (χ0) is 21.2. The Labute approximate surface area is 180 Å². The maximum absolute atomic E-state index is 12.6. The lowest BCUT2D eigenvalue weighted by atomic mass is 9.88. The van der Waals surface area contributed by atoms with Crippen molar-refractivity contribution in [2.45, 2.75) is 31.4 Å². The molecule has 2 unspecified atom stereocenters. The molecule has 0 spiro atoms. The second-order valence-corrected chi connectivity index (χ2v) is 7.92. The van der Waals surface area contributed by atoms with Crippen LogP contribution in [0.15, 0.2) is 72.8 Å². The summed E-state index contributed by atoms with van der Waals surface area (Å²) in [6, 6.07) is 23.5. The van der Waals surface area contributed by atoms with Crippen molar-refractivity contribution in [3.8, 4) is 0 Å². The van der Waals surface area contributed by atoms with Gasteiger partial charge in [-0.1, -0.05) is 59.8 Å². The van der Waals surface area contributed by atoms with E-state index >= 15 is 0 Å². The maximum atomic E-state index is 12.6. The van der Waals surface area contributed by atoms with Crippen LogP contribution >= 0.6 is 0 Å². The second-order valence-electron chi connectivity index (χ2n) is 7.92. The number of nitrogens with zero attached hydrogens (tertiary/aromatic N) is 3. The number of carbonyl (C=O) groups is 1. The lowest BCUT2D eigenvalue weighted by Crippen LogP contribution is -2.23. The average Bonchev–Trinajstić information content (AvgIpc) is 3.24. The molecule has 0 saturated heterocycles. The van der Waals surface area contributed by atoms with Gasteiger partial charge in [-0.3, -0.25) is 0 Å². The summed E-state index contributed by atoms with van der Waals surface area (Å²) in [5.74, 6) is -0.444. The van der Waals surface area contributed by atoms with E-state index in [2.05, 4.69) is 40.6 Å². The summed E-state index contributed by atoms with van der Waals surface area (Å²) in [4.78, 5) is 12.6. The molecule has 0 fully saturated rings. The minimum absolute atomic E-state index is 0.0114.